The van der Waals surface area contributed by atoms with Gasteiger partial charge in [-0.1, -0.05) is 30.0 Å². The zero-order valence-electron chi connectivity index (χ0n) is 17.5. The van der Waals surface area contributed by atoms with E-state index in [2.05, 4.69) is 20.2 Å². The molecule has 0 fully saturated rings. The van der Waals surface area contributed by atoms with Gasteiger partial charge in [-0.15, -0.1) is 0 Å². The second kappa shape index (κ2) is 9.62. The van der Waals surface area contributed by atoms with Crippen molar-refractivity contribution >= 4 is 23.4 Å². The van der Waals surface area contributed by atoms with E-state index < -0.39 is 5.82 Å². The number of halogens is 2. The second-order valence-corrected chi connectivity index (χ2v) is 8.64. The molecule has 6 nitrogen and oxygen atoms in total. The van der Waals surface area contributed by atoms with Gasteiger partial charge < -0.3 is 10.3 Å². The predicted octanol–water partition coefficient (Wildman–Crippen LogP) is 3.65. The number of thioether (sulfide) groups is 1. The fourth-order valence-electron chi connectivity index (χ4n) is 3.56. The van der Waals surface area contributed by atoms with Gasteiger partial charge in [-0.25, -0.2) is 13.8 Å². The van der Waals surface area contributed by atoms with Gasteiger partial charge in [0, 0.05) is 31.7 Å². The van der Waals surface area contributed by atoms with E-state index in [9.17, 15) is 18.4 Å². The molecule has 4 rings (SSSR count). The average molecular weight is 457 g/mol. The topological polar surface area (TPSA) is 78.1 Å². The lowest BCUT2D eigenvalue weighted by atomic mass is 10.1. The van der Waals surface area contributed by atoms with Crippen molar-refractivity contribution in [1.29, 1.82) is 0 Å². The SMILES string of the molecule is Cc1ccc(F)cc1NC(=O)CSc1nc2c(c(=O)[nH]1)CN(Cc1ccc(F)cc1)CC2. The standard InChI is InChI=1S/C23H22F2N4O2S/c1-14-2-5-17(25)10-20(14)26-21(30)13-32-23-27-19-8-9-29(12-18(19)22(31)28-23)11-15-3-6-16(24)7-4-15/h2-7,10H,8-9,11-13H2,1H3,(H,26,30)(H,27,28,31). The highest BCUT2D eigenvalue weighted by atomic mass is 32.2. The number of fused-ring (bicyclic) bond motifs is 1. The molecule has 32 heavy (non-hydrogen) atoms. The first-order valence-electron chi connectivity index (χ1n) is 10.1. The fourth-order valence-corrected chi connectivity index (χ4v) is 4.24. The number of hydrogen-bond donors (Lipinski definition) is 2. The first kappa shape index (κ1) is 22.2. The molecule has 166 valence electrons. The maximum atomic E-state index is 13.4. The summed E-state index contributed by atoms with van der Waals surface area (Å²) in [6.07, 6.45) is 0.614. The van der Waals surface area contributed by atoms with Crippen LogP contribution in [-0.2, 0) is 24.3 Å². The molecular weight excluding hydrogens is 434 g/mol. The van der Waals surface area contributed by atoms with Crippen LogP contribution in [0.25, 0.3) is 0 Å². The molecule has 0 radical (unpaired) electrons. The summed E-state index contributed by atoms with van der Waals surface area (Å²) in [5, 5.41) is 3.06. The van der Waals surface area contributed by atoms with E-state index in [0.29, 0.717) is 35.9 Å². The third-order valence-electron chi connectivity index (χ3n) is 5.26. The van der Waals surface area contributed by atoms with Gasteiger partial charge >= 0.3 is 0 Å². The minimum absolute atomic E-state index is 0.0361. The maximum Gasteiger partial charge on any atom is 0.256 e. The average Bonchev–Trinajstić information content (AvgIpc) is 2.77. The Labute approximate surface area is 188 Å². The minimum atomic E-state index is -0.423. The van der Waals surface area contributed by atoms with E-state index in [1.54, 1.807) is 25.1 Å². The smallest absolute Gasteiger partial charge is 0.256 e. The third kappa shape index (κ3) is 5.41. The Hall–Kier alpha value is -3.04. The van der Waals surface area contributed by atoms with Crippen molar-refractivity contribution in [1.82, 2.24) is 14.9 Å². The Balaban J connectivity index is 1.37. The van der Waals surface area contributed by atoms with E-state index in [1.807, 2.05) is 0 Å². The van der Waals surface area contributed by atoms with Gasteiger partial charge in [-0.3, -0.25) is 14.5 Å². The van der Waals surface area contributed by atoms with Crippen LogP contribution in [0.3, 0.4) is 0 Å². The second-order valence-electron chi connectivity index (χ2n) is 7.68. The number of rotatable bonds is 6. The Morgan fingerprint density at radius 3 is 2.72 bits per heavy atom. The number of benzene rings is 2. The molecular formula is C23H22F2N4O2S. The van der Waals surface area contributed by atoms with E-state index >= 15 is 0 Å². The molecule has 0 saturated heterocycles. The number of carbonyl (C=O) groups is 1. The third-order valence-corrected chi connectivity index (χ3v) is 6.13. The summed E-state index contributed by atoms with van der Waals surface area (Å²) in [6.45, 7) is 3.59. The summed E-state index contributed by atoms with van der Waals surface area (Å²) in [5.74, 6) is -0.973. The van der Waals surface area contributed by atoms with E-state index in [-0.39, 0.29) is 23.0 Å². The minimum Gasteiger partial charge on any atom is -0.325 e. The number of amides is 1. The number of aromatic nitrogens is 2. The number of anilines is 1. The number of hydrogen-bond acceptors (Lipinski definition) is 5. The lowest BCUT2D eigenvalue weighted by molar-refractivity contribution is -0.113. The summed E-state index contributed by atoms with van der Waals surface area (Å²) in [6, 6.07) is 10.5. The van der Waals surface area contributed by atoms with E-state index in [0.717, 1.165) is 35.1 Å². The van der Waals surface area contributed by atoms with E-state index in [4.69, 9.17) is 0 Å². The predicted molar refractivity (Wildman–Crippen MR) is 120 cm³/mol. The molecule has 2 N–H and O–H groups in total. The van der Waals surface area contributed by atoms with Crippen LogP contribution in [0.15, 0.2) is 52.4 Å². The summed E-state index contributed by atoms with van der Waals surface area (Å²) in [4.78, 5) is 34.3. The van der Waals surface area contributed by atoms with Crippen molar-refractivity contribution in [3.05, 3.63) is 86.8 Å². The van der Waals surface area contributed by atoms with Crippen LogP contribution in [0, 0.1) is 18.6 Å². The van der Waals surface area contributed by atoms with Gasteiger partial charge in [0.2, 0.25) is 5.91 Å². The lowest BCUT2D eigenvalue weighted by Gasteiger charge is -2.27. The van der Waals surface area contributed by atoms with Crippen LogP contribution in [0.2, 0.25) is 0 Å². The van der Waals surface area contributed by atoms with Crippen molar-refractivity contribution in [2.24, 2.45) is 0 Å². The lowest BCUT2D eigenvalue weighted by Crippen LogP contribution is -2.35. The van der Waals surface area contributed by atoms with Crippen LogP contribution < -0.4 is 10.9 Å². The molecule has 1 aliphatic heterocycles. The summed E-state index contributed by atoms with van der Waals surface area (Å²) in [7, 11) is 0. The quantitative estimate of drug-likeness (QED) is 0.437. The fraction of sp³-hybridized carbons (Fsp3) is 0.261. The highest BCUT2D eigenvalue weighted by Crippen LogP contribution is 2.21. The Morgan fingerprint density at radius 1 is 1.19 bits per heavy atom. The van der Waals surface area contributed by atoms with Crippen LogP contribution >= 0.6 is 11.8 Å². The first-order chi connectivity index (χ1) is 15.4. The molecule has 0 saturated carbocycles. The van der Waals surface area contributed by atoms with Crippen LogP contribution in [0.1, 0.15) is 22.4 Å². The largest absolute Gasteiger partial charge is 0.325 e. The number of aryl methyl sites for hydroxylation is 1. The molecule has 0 unspecified atom stereocenters. The number of H-pyrrole nitrogens is 1. The zero-order chi connectivity index (χ0) is 22.7. The van der Waals surface area contributed by atoms with Crippen molar-refractivity contribution in [2.75, 3.05) is 17.6 Å². The zero-order valence-corrected chi connectivity index (χ0v) is 18.3. The van der Waals surface area contributed by atoms with Crippen molar-refractivity contribution in [2.45, 2.75) is 31.6 Å². The molecule has 2 aromatic carbocycles. The van der Waals surface area contributed by atoms with E-state index in [1.165, 1.54) is 24.3 Å². The molecule has 0 atom stereocenters. The summed E-state index contributed by atoms with van der Waals surface area (Å²) in [5.41, 5.74) is 3.28. The van der Waals surface area contributed by atoms with Crippen LogP contribution in [0.4, 0.5) is 14.5 Å². The molecule has 1 aromatic heterocycles. The molecule has 0 spiro atoms. The van der Waals surface area contributed by atoms with Crippen molar-refractivity contribution in [3.63, 3.8) is 0 Å². The Bertz CT molecular complexity index is 1200. The summed E-state index contributed by atoms with van der Waals surface area (Å²) < 4.78 is 26.5. The van der Waals surface area contributed by atoms with Crippen molar-refractivity contribution in [3.8, 4) is 0 Å². The van der Waals surface area contributed by atoms with Gasteiger partial charge in [-0.05, 0) is 42.3 Å². The highest BCUT2D eigenvalue weighted by Gasteiger charge is 2.21. The van der Waals surface area contributed by atoms with Crippen LogP contribution in [0.5, 0.6) is 0 Å². The molecule has 2 heterocycles. The molecule has 0 aliphatic carbocycles. The Morgan fingerprint density at radius 2 is 1.94 bits per heavy atom. The molecule has 3 aromatic rings. The van der Waals surface area contributed by atoms with Crippen molar-refractivity contribution < 1.29 is 13.6 Å². The van der Waals surface area contributed by atoms with Crippen LogP contribution in [-0.4, -0.2) is 33.1 Å². The highest BCUT2D eigenvalue weighted by molar-refractivity contribution is 7.99. The number of carbonyl (C=O) groups excluding carboxylic acids is 1. The van der Waals surface area contributed by atoms with Gasteiger partial charge in [0.15, 0.2) is 5.16 Å². The molecule has 1 aliphatic rings. The maximum absolute atomic E-state index is 13.4. The van der Waals surface area contributed by atoms with Gasteiger partial charge in [0.1, 0.15) is 11.6 Å². The number of nitrogens with zero attached hydrogens (tertiary/aromatic N) is 2. The normalized spacial score (nSPS) is 13.6. The number of nitrogens with one attached hydrogen (secondary N) is 2. The Kier molecular flexibility index (Phi) is 6.66. The van der Waals surface area contributed by atoms with Gasteiger partial charge in [0.25, 0.3) is 5.56 Å². The molecule has 1 amide bonds. The molecule has 0 bridgehead atoms. The monoisotopic (exact) mass is 456 g/mol. The first-order valence-corrected chi connectivity index (χ1v) is 11.1. The molecule has 9 heteroatoms. The van der Waals surface area contributed by atoms with Gasteiger partial charge in [0.05, 0.1) is 17.0 Å². The number of aromatic amines is 1. The van der Waals surface area contributed by atoms with Gasteiger partial charge in [-0.2, -0.15) is 0 Å². The summed E-state index contributed by atoms with van der Waals surface area (Å²) >= 11 is 1.13.